The van der Waals surface area contributed by atoms with Crippen molar-refractivity contribution in [2.24, 2.45) is 4.99 Å². The van der Waals surface area contributed by atoms with Crippen LogP contribution in [0.25, 0.3) is 0 Å². The lowest BCUT2D eigenvalue weighted by Gasteiger charge is -2.15. The second-order valence-corrected chi connectivity index (χ2v) is 7.31. The van der Waals surface area contributed by atoms with E-state index in [1.165, 1.54) is 0 Å². The lowest BCUT2D eigenvalue weighted by atomic mass is 10.2. The summed E-state index contributed by atoms with van der Waals surface area (Å²) < 4.78 is 12.1. The number of nitrogens with one attached hydrogen (secondary N) is 2. The molecule has 1 heterocycles. The third kappa shape index (κ3) is 7.21. The minimum atomic E-state index is -0.0521. The number of para-hydroxylation sites is 1. The second kappa shape index (κ2) is 10.9. The highest BCUT2D eigenvalue weighted by molar-refractivity contribution is 9.10. The van der Waals surface area contributed by atoms with Crippen LogP contribution in [0.5, 0.6) is 5.75 Å². The summed E-state index contributed by atoms with van der Waals surface area (Å²) in [5.41, 5.74) is 0. The molecule has 0 amide bonds. The number of ether oxygens (including phenoxy) is 1. The fraction of sp³-hybridized carbons (Fsp3) is 0.526. The standard InChI is InChI=1S/C19H28BrN5O2/c1-5-21-19(22-11-10-17-24-18(13(2)3)25-27-17)23-12-14(4)26-16-9-7-6-8-15(16)20/h6-9,13-14H,5,10-12H2,1-4H3,(H2,21,22,23). The van der Waals surface area contributed by atoms with Crippen molar-refractivity contribution >= 4 is 21.9 Å². The molecule has 0 spiro atoms. The van der Waals surface area contributed by atoms with Gasteiger partial charge in [0.05, 0.1) is 11.0 Å². The Morgan fingerprint density at radius 1 is 1.26 bits per heavy atom. The molecule has 2 N–H and O–H groups in total. The number of halogens is 1. The third-order valence-electron chi connectivity index (χ3n) is 3.65. The van der Waals surface area contributed by atoms with E-state index in [1.807, 2.05) is 52.0 Å². The minimum Gasteiger partial charge on any atom is -0.488 e. The Bertz CT molecular complexity index is 732. The molecule has 0 aliphatic heterocycles. The van der Waals surface area contributed by atoms with E-state index in [0.29, 0.717) is 25.4 Å². The van der Waals surface area contributed by atoms with Crippen molar-refractivity contribution in [2.75, 3.05) is 19.6 Å². The Morgan fingerprint density at radius 2 is 2.04 bits per heavy atom. The number of aromatic nitrogens is 2. The quantitative estimate of drug-likeness (QED) is 0.461. The maximum Gasteiger partial charge on any atom is 0.228 e. The number of benzene rings is 1. The molecule has 0 radical (unpaired) electrons. The van der Waals surface area contributed by atoms with Gasteiger partial charge in [-0.25, -0.2) is 4.99 Å². The zero-order valence-corrected chi connectivity index (χ0v) is 17.9. The molecule has 0 fully saturated rings. The van der Waals surface area contributed by atoms with Crippen LogP contribution in [0.15, 0.2) is 38.3 Å². The summed E-state index contributed by atoms with van der Waals surface area (Å²) in [5, 5.41) is 10.5. The zero-order valence-electron chi connectivity index (χ0n) is 16.3. The summed E-state index contributed by atoms with van der Waals surface area (Å²) in [6.45, 7) is 10.1. The molecule has 2 aromatic rings. The number of aliphatic imine (C=N–C) groups is 1. The van der Waals surface area contributed by atoms with Crippen molar-refractivity contribution in [2.45, 2.75) is 46.1 Å². The second-order valence-electron chi connectivity index (χ2n) is 6.46. The molecule has 1 atom stereocenters. The van der Waals surface area contributed by atoms with Crippen LogP contribution in [-0.4, -0.2) is 41.8 Å². The summed E-state index contributed by atoms with van der Waals surface area (Å²) in [6, 6.07) is 7.80. The molecule has 0 aliphatic rings. The van der Waals surface area contributed by atoms with Crippen molar-refractivity contribution < 1.29 is 9.26 Å². The maximum atomic E-state index is 5.93. The molecule has 1 aromatic heterocycles. The Balaban J connectivity index is 1.82. The van der Waals surface area contributed by atoms with Gasteiger partial charge in [0.15, 0.2) is 11.8 Å². The summed E-state index contributed by atoms with van der Waals surface area (Å²) in [6.07, 6.45) is 0.594. The molecule has 1 aromatic carbocycles. The van der Waals surface area contributed by atoms with Crippen molar-refractivity contribution in [1.82, 2.24) is 20.8 Å². The molecule has 0 bridgehead atoms. The Hall–Kier alpha value is -2.09. The molecular formula is C19H28BrN5O2. The first-order valence-electron chi connectivity index (χ1n) is 9.25. The van der Waals surface area contributed by atoms with Gasteiger partial charge < -0.3 is 19.9 Å². The molecule has 2 rings (SSSR count). The van der Waals surface area contributed by atoms with Crippen molar-refractivity contribution in [3.05, 3.63) is 40.5 Å². The van der Waals surface area contributed by atoms with Crippen LogP contribution in [0.1, 0.15) is 45.3 Å². The number of guanidine groups is 1. The van der Waals surface area contributed by atoms with E-state index >= 15 is 0 Å². The molecule has 0 saturated carbocycles. The summed E-state index contributed by atoms with van der Waals surface area (Å²) in [5.74, 6) is 3.19. The average Bonchev–Trinajstić information content (AvgIpc) is 3.11. The lowest BCUT2D eigenvalue weighted by molar-refractivity contribution is 0.228. The highest BCUT2D eigenvalue weighted by Gasteiger charge is 2.10. The van der Waals surface area contributed by atoms with Crippen LogP contribution < -0.4 is 15.4 Å². The van der Waals surface area contributed by atoms with Gasteiger partial charge >= 0.3 is 0 Å². The molecule has 27 heavy (non-hydrogen) atoms. The van der Waals surface area contributed by atoms with Crippen LogP contribution >= 0.6 is 15.9 Å². The van der Waals surface area contributed by atoms with E-state index in [1.54, 1.807) is 0 Å². The molecule has 0 saturated heterocycles. The van der Waals surface area contributed by atoms with Gasteiger partial charge in [0, 0.05) is 25.4 Å². The van der Waals surface area contributed by atoms with E-state index in [2.05, 4.69) is 41.7 Å². The Labute approximate surface area is 169 Å². The number of hydrogen-bond acceptors (Lipinski definition) is 5. The largest absolute Gasteiger partial charge is 0.488 e. The molecule has 148 valence electrons. The van der Waals surface area contributed by atoms with Gasteiger partial charge in [-0.2, -0.15) is 4.98 Å². The summed E-state index contributed by atoms with van der Waals surface area (Å²) in [7, 11) is 0. The van der Waals surface area contributed by atoms with E-state index < -0.39 is 0 Å². The number of hydrogen-bond donors (Lipinski definition) is 2. The molecular weight excluding hydrogens is 410 g/mol. The smallest absolute Gasteiger partial charge is 0.228 e. The van der Waals surface area contributed by atoms with Crippen molar-refractivity contribution in [3.63, 3.8) is 0 Å². The maximum absolute atomic E-state index is 5.93. The fourth-order valence-electron chi connectivity index (χ4n) is 2.25. The van der Waals surface area contributed by atoms with Crippen LogP contribution in [0.3, 0.4) is 0 Å². The highest BCUT2D eigenvalue weighted by Crippen LogP contribution is 2.24. The molecule has 8 heteroatoms. The topological polar surface area (TPSA) is 84.6 Å². The van der Waals surface area contributed by atoms with Gasteiger partial charge in [-0.1, -0.05) is 31.1 Å². The van der Waals surface area contributed by atoms with Crippen LogP contribution in [0, 0.1) is 0 Å². The van der Waals surface area contributed by atoms with Crippen molar-refractivity contribution in [1.29, 1.82) is 0 Å². The van der Waals surface area contributed by atoms with Crippen LogP contribution in [-0.2, 0) is 6.42 Å². The monoisotopic (exact) mass is 437 g/mol. The predicted octanol–water partition coefficient (Wildman–Crippen LogP) is 3.52. The van der Waals surface area contributed by atoms with Gasteiger partial charge in [-0.3, -0.25) is 0 Å². The van der Waals surface area contributed by atoms with Crippen LogP contribution in [0.2, 0.25) is 0 Å². The van der Waals surface area contributed by atoms with Gasteiger partial charge in [0.1, 0.15) is 11.9 Å². The van der Waals surface area contributed by atoms with Gasteiger partial charge in [-0.15, -0.1) is 0 Å². The fourth-order valence-corrected chi connectivity index (χ4v) is 2.63. The van der Waals surface area contributed by atoms with Gasteiger partial charge in [0.25, 0.3) is 0 Å². The summed E-state index contributed by atoms with van der Waals surface area (Å²) >= 11 is 3.49. The predicted molar refractivity (Wildman–Crippen MR) is 110 cm³/mol. The first-order chi connectivity index (χ1) is 13.0. The first-order valence-corrected chi connectivity index (χ1v) is 10.0. The average molecular weight is 438 g/mol. The minimum absolute atomic E-state index is 0.0521. The van der Waals surface area contributed by atoms with E-state index in [9.17, 15) is 0 Å². The van der Waals surface area contributed by atoms with E-state index in [-0.39, 0.29) is 12.0 Å². The number of rotatable bonds is 9. The van der Waals surface area contributed by atoms with E-state index in [0.717, 1.165) is 28.6 Å². The molecule has 0 aliphatic carbocycles. The Kier molecular flexibility index (Phi) is 8.57. The zero-order chi connectivity index (χ0) is 19.6. The van der Waals surface area contributed by atoms with Gasteiger partial charge in [-0.05, 0) is 41.9 Å². The third-order valence-corrected chi connectivity index (χ3v) is 4.30. The van der Waals surface area contributed by atoms with Gasteiger partial charge in [0.2, 0.25) is 5.89 Å². The van der Waals surface area contributed by atoms with Crippen molar-refractivity contribution in [3.8, 4) is 5.75 Å². The Morgan fingerprint density at radius 3 is 2.70 bits per heavy atom. The number of nitrogens with zero attached hydrogens (tertiary/aromatic N) is 3. The van der Waals surface area contributed by atoms with Crippen LogP contribution in [0.4, 0.5) is 0 Å². The highest BCUT2D eigenvalue weighted by atomic mass is 79.9. The SMILES string of the molecule is CCNC(=NCC(C)Oc1ccccc1Br)NCCc1nc(C(C)C)no1. The lowest BCUT2D eigenvalue weighted by Crippen LogP contribution is -2.39. The summed E-state index contributed by atoms with van der Waals surface area (Å²) in [4.78, 5) is 8.97. The van der Waals surface area contributed by atoms with E-state index in [4.69, 9.17) is 9.26 Å². The molecule has 1 unspecified atom stereocenters. The first kappa shape index (κ1) is 21.2. The normalized spacial score (nSPS) is 12.9. The molecule has 7 nitrogen and oxygen atoms in total.